The summed E-state index contributed by atoms with van der Waals surface area (Å²) in [6.45, 7) is 6.38. The third-order valence-electron chi connectivity index (χ3n) is 2.76. The van der Waals surface area contributed by atoms with Crippen LogP contribution < -0.4 is 5.32 Å². The van der Waals surface area contributed by atoms with Gasteiger partial charge in [-0.2, -0.15) is 11.3 Å². The van der Waals surface area contributed by atoms with Crippen LogP contribution in [0.4, 0.5) is 0 Å². The lowest BCUT2D eigenvalue weighted by molar-refractivity contribution is 0.587. The molecule has 0 bridgehead atoms. The van der Waals surface area contributed by atoms with E-state index in [0.717, 1.165) is 19.5 Å². The van der Waals surface area contributed by atoms with Gasteiger partial charge in [-0.25, -0.2) is 0 Å². The van der Waals surface area contributed by atoms with Gasteiger partial charge in [-0.05, 0) is 40.4 Å². The van der Waals surface area contributed by atoms with Crippen molar-refractivity contribution in [2.45, 2.75) is 39.4 Å². The van der Waals surface area contributed by atoms with Crippen LogP contribution in [0.15, 0.2) is 35.3 Å². The number of nitrogens with one attached hydrogen (secondary N) is 1. The maximum Gasteiger partial charge on any atom is 0.0260 e. The maximum atomic E-state index is 3.43. The molecule has 0 atom stereocenters. The number of thiophene rings is 1. The average molecular weight is 248 g/mol. The Morgan fingerprint density at radius 2 is 2.18 bits per heavy atom. The van der Waals surface area contributed by atoms with E-state index in [-0.39, 0.29) is 0 Å². The van der Waals surface area contributed by atoms with Crippen molar-refractivity contribution < 1.29 is 0 Å². The lowest BCUT2D eigenvalue weighted by atomic mass is 10.2. The molecule has 2 aromatic heterocycles. The SMILES string of the molecule is CC(C)NCc1ccn(CCc2ccsc2)c1. The molecule has 17 heavy (non-hydrogen) atoms. The number of aromatic nitrogens is 1. The molecule has 0 aliphatic rings. The Balaban J connectivity index is 1.81. The standard InChI is InChI=1S/C14H20N2S/c1-12(2)15-9-14-4-7-16(10-14)6-3-13-5-8-17-11-13/h4-5,7-8,10-12,15H,3,6,9H2,1-2H3. The van der Waals surface area contributed by atoms with Crippen molar-refractivity contribution >= 4 is 11.3 Å². The summed E-state index contributed by atoms with van der Waals surface area (Å²) in [5.41, 5.74) is 2.80. The Bertz CT molecular complexity index is 429. The number of hydrogen-bond donors (Lipinski definition) is 1. The third-order valence-corrected chi connectivity index (χ3v) is 3.50. The molecule has 0 aliphatic heterocycles. The molecule has 0 aromatic carbocycles. The van der Waals surface area contributed by atoms with Crippen molar-refractivity contribution in [3.63, 3.8) is 0 Å². The minimum Gasteiger partial charge on any atom is -0.354 e. The highest BCUT2D eigenvalue weighted by Gasteiger charge is 1.99. The predicted molar refractivity (Wildman–Crippen MR) is 74.4 cm³/mol. The van der Waals surface area contributed by atoms with Gasteiger partial charge in [0.15, 0.2) is 0 Å². The van der Waals surface area contributed by atoms with Crippen molar-refractivity contribution in [3.8, 4) is 0 Å². The lowest BCUT2D eigenvalue weighted by Gasteiger charge is -2.06. The summed E-state index contributed by atoms with van der Waals surface area (Å²) in [5, 5.41) is 7.80. The molecule has 2 aromatic rings. The molecule has 0 saturated carbocycles. The second-order valence-corrected chi connectivity index (χ2v) is 5.45. The van der Waals surface area contributed by atoms with Crippen molar-refractivity contribution in [2.24, 2.45) is 0 Å². The van der Waals surface area contributed by atoms with Crippen molar-refractivity contribution in [3.05, 3.63) is 46.4 Å². The molecule has 0 spiro atoms. The van der Waals surface area contributed by atoms with Crippen LogP contribution in [0.1, 0.15) is 25.0 Å². The molecule has 2 nitrogen and oxygen atoms in total. The second-order valence-electron chi connectivity index (χ2n) is 4.67. The molecule has 0 unspecified atom stereocenters. The van der Waals surface area contributed by atoms with Gasteiger partial charge in [0.05, 0.1) is 0 Å². The van der Waals surface area contributed by atoms with Crippen LogP contribution in [0.2, 0.25) is 0 Å². The van der Waals surface area contributed by atoms with Crippen LogP contribution >= 0.6 is 11.3 Å². The lowest BCUT2D eigenvalue weighted by Crippen LogP contribution is -2.21. The first kappa shape index (κ1) is 12.4. The highest BCUT2D eigenvalue weighted by atomic mass is 32.1. The first-order chi connectivity index (χ1) is 8.24. The molecule has 2 heterocycles. The molecule has 0 saturated heterocycles. The van der Waals surface area contributed by atoms with E-state index in [1.165, 1.54) is 11.1 Å². The molecule has 0 radical (unpaired) electrons. The monoisotopic (exact) mass is 248 g/mol. The van der Waals surface area contributed by atoms with Crippen LogP contribution in [0.3, 0.4) is 0 Å². The molecular formula is C14H20N2S. The van der Waals surface area contributed by atoms with Gasteiger partial charge in [-0.15, -0.1) is 0 Å². The molecular weight excluding hydrogens is 228 g/mol. The van der Waals surface area contributed by atoms with Crippen LogP contribution in [0.5, 0.6) is 0 Å². The topological polar surface area (TPSA) is 17.0 Å². The van der Waals surface area contributed by atoms with Crippen molar-refractivity contribution in [1.29, 1.82) is 0 Å². The van der Waals surface area contributed by atoms with Crippen LogP contribution in [-0.4, -0.2) is 10.6 Å². The molecule has 1 N–H and O–H groups in total. The Labute approximate surface area is 107 Å². The molecule has 0 aliphatic carbocycles. The summed E-state index contributed by atoms with van der Waals surface area (Å²) in [5.74, 6) is 0. The van der Waals surface area contributed by atoms with Gasteiger partial charge in [-0.3, -0.25) is 0 Å². The Morgan fingerprint density at radius 3 is 2.88 bits per heavy atom. The highest BCUT2D eigenvalue weighted by Crippen LogP contribution is 2.09. The summed E-state index contributed by atoms with van der Waals surface area (Å²) in [4.78, 5) is 0. The zero-order valence-corrected chi connectivity index (χ0v) is 11.3. The zero-order chi connectivity index (χ0) is 12.1. The maximum absolute atomic E-state index is 3.43. The van der Waals surface area contributed by atoms with Gasteiger partial charge in [0, 0.05) is 31.5 Å². The average Bonchev–Trinajstić information content (AvgIpc) is 2.95. The molecule has 0 amide bonds. The summed E-state index contributed by atoms with van der Waals surface area (Å²) in [6.07, 6.45) is 5.53. The third kappa shape index (κ3) is 4.02. The Morgan fingerprint density at radius 1 is 1.29 bits per heavy atom. The van der Waals surface area contributed by atoms with E-state index in [1.54, 1.807) is 11.3 Å². The fourth-order valence-corrected chi connectivity index (χ4v) is 2.45. The summed E-state index contributed by atoms with van der Waals surface area (Å²) >= 11 is 1.77. The van der Waals surface area contributed by atoms with Crippen molar-refractivity contribution in [2.75, 3.05) is 0 Å². The van der Waals surface area contributed by atoms with Gasteiger partial charge < -0.3 is 9.88 Å². The largest absolute Gasteiger partial charge is 0.354 e. The first-order valence-corrected chi connectivity index (χ1v) is 7.07. The summed E-state index contributed by atoms with van der Waals surface area (Å²) in [6, 6.07) is 4.95. The van der Waals surface area contributed by atoms with Gasteiger partial charge >= 0.3 is 0 Å². The van der Waals surface area contributed by atoms with Gasteiger partial charge in [0.1, 0.15) is 0 Å². The highest BCUT2D eigenvalue weighted by molar-refractivity contribution is 7.07. The normalized spacial score (nSPS) is 11.2. The molecule has 92 valence electrons. The number of aryl methyl sites for hydroxylation is 2. The smallest absolute Gasteiger partial charge is 0.0260 e. The van der Waals surface area contributed by atoms with E-state index < -0.39 is 0 Å². The summed E-state index contributed by atoms with van der Waals surface area (Å²) < 4.78 is 2.27. The van der Waals surface area contributed by atoms with Gasteiger partial charge in [-0.1, -0.05) is 13.8 Å². The van der Waals surface area contributed by atoms with Gasteiger partial charge in [0.2, 0.25) is 0 Å². The van der Waals surface area contributed by atoms with Crippen LogP contribution in [0, 0.1) is 0 Å². The fraction of sp³-hybridized carbons (Fsp3) is 0.429. The molecule has 2 rings (SSSR count). The van der Waals surface area contributed by atoms with Crippen LogP contribution in [-0.2, 0) is 19.5 Å². The van der Waals surface area contributed by atoms with E-state index in [2.05, 4.69) is 59.0 Å². The fourth-order valence-electron chi connectivity index (χ4n) is 1.75. The van der Waals surface area contributed by atoms with Gasteiger partial charge in [0.25, 0.3) is 0 Å². The van der Waals surface area contributed by atoms with E-state index in [9.17, 15) is 0 Å². The second kappa shape index (κ2) is 6.03. The Kier molecular flexibility index (Phi) is 4.40. The molecule has 0 fully saturated rings. The predicted octanol–water partition coefficient (Wildman–Crippen LogP) is 3.29. The summed E-state index contributed by atoms with van der Waals surface area (Å²) in [7, 11) is 0. The number of nitrogens with zero attached hydrogens (tertiary/aromatic N) is 1. The zero-order valence-electron chi connectivity index (χ0n) is 10.5. The molecule has 3 heteroatoms. The quantitative estimate of drug-likeness (QED) is 0.830. The van der Waals surface area contributed by atoms with E-state index in [1.807, 2.05) is 0 Å². The van der Waals surface area contributed by atoms with E-state index in [4.69, 9.17) is 0 Å². The number of rotatable bonds is 6. The van der Waals surface area contributed by atoms with E-state index in [0.29, 0.717) is 6.04 Å². The first-order valence-electron chi connectivity index (χ1n) is 6.13. The van der Waals surface area contributed by atoms with E-state index >= 15 is 0 Å². The minimum absolute atomic E-state index is 0.546. The Hall–Kier alpha value is -1.06. The van der Waals surface area contributed by atoms with Crippen LogP contribution in [0.25, 0.3) is 0 Å². The van der Waals surface area contributed by atoms with Crippen molar-refractivity contribution in [1.82, 2.24) is 9.88 Å². The number of hydrogen-bond acceptors (Lipinski definition) is 2. The minimum atomic E-state index is 0.546.